The van der Waals surface area contributed by atoms with Crippen molar-refractivity contribution in [1.82, 2.24) is 14.8 Å². The molecule has 0 spiro atoms. The van der Waals surface area contributed by atoms with E-state index in [-0.39, 0.29) is 0 Å². The molecule has 0 saturated carbocycles. The highest BCUT2D eigenvalue weighted by atomic mass is 16.4. The van der Waals surface area contributed by atoms with E-state index in [2.05, 4.69) is 27.9 Å². The molecule has 1 fully saturated rings. The molecule has 0 amide bonds. The average Bonchev–Trinajstić information content (AvgIpc) is 2.94. The van der Waals surface area contributed by atoms with Crippen LogP contribution < -0.4 is 5.32 Å². The fourth-order valence-corrected chi connectivity index (χ4v) is 3.48. The van der Waals surface area contributed by atoms with Gasteiger partial charge in [-0.15, -0.1) is 0 Å². The molecule has 2 heterocycles. The van der Waals surface area contributed by atoms with Gasteiger partial charge >= 0.3 is 5.97 Å². The van der Waals surface area contributed by atoms with E-state index in [1.807, 2.05) is 12.1 Å². The number of hydrogen-bond acceptors (Lipinski definition) is 3. The quantitative estimate of drug-likeness (QED) is 0.858. The number of aromatic carboxylic acids is 1. The van der Waals surface area contributed by atoms with Gasteiger partial charge < -0.3 is 19.9 Å². The lowest BCUT2D eigenvalue weighted by Crippen LogP contribution is -2.43. The number of carbonyl (C=O) groups is 1. The van der Waals surface area contributed by atoms with Crippen LogP contribution in [0.2, 0.25) is 0 Å². The van der Waals surface area contributed by atoms with Gasteiger partial charge in [-0.25, -0.2) is 4.79 Å². The molecule has 5 nitrogen and oxygen atoms in total. The fourth-order valence-electron chi connectivity index (χ4n) is 3.48. The molecule has 0 atom stereocenters. The Balaban J connectivity index is 1.78. The number of benzene rings is 1. The van der Waals surface area contributed by atoms with E-state index in [9.17, 15) is 9.90 Å². The van der Waals surface area contributed by atoms with Gasteiger partial charge in [-0.2, -0.15) is 0 Å². The van der Waals surface area contributed by atoms with Crippen LogP contribution in [0.4, 0.5) is 0 Å². The topological polar surface area (TPSA) is 57.5 Å². The zero-order valence-electron chi connectivity index (χ0n) is 13.7. The van der Waals surface area contributed by atoms with Gasteiger partial charge in [0.2, 0.25) is 0 Å². The summed E-state index contributed by atoms with van der Waals surface area (Å²) in [6.45, 7) is 8.37. The molecular formula is C18H25N3O2. The van der Waals surface area contributed by atoms with Crippen LogP contribution in [0.1, 0.15) is 29.3 Å². The molecule has 1 aromatic carbocycles. The zero-order valence-corrected chi connectivity index (χ0v) is 13.7. The molecule has 5 heteroatoms. The molecular weight excluding hydrogens is 290 g/mol. The first-order valence-corrected chi connectivity index (χ1v) is 8.47. The van der Waals surface area contributed by atoms with Crippen LogP contribution in [0.15, 0.2) is 24.4 Å². The molecule has 0 unspecified atom stereocenters. The number of carboxylic acid groups (broad SMARTS) is 1. The van der Waals surface area contributed by atoms with E-state index in [0.29, 0.717) is 5.56 Å². The minimum atomic E-state index is -0.851. The number of aromatic nitrogens is 1. The first-order valence-electron chi connectivity index (χ1n) is 8.47. The zero-order chi connectivity index (χ0) is 16.2. The molecule has 2 N–H and O–H groups in total. The summed E-state index contributed by atoms with van der Waals surface area (Å²) in [5.41, 5.74) is 2.53. The number of aryl methyl sites for hydroxylation is 2. The largest absolute Gasteiger partial charge is 0.478 e. The molecule has 1 aliphatic rings. The van der Waals surface area contributed by atoms with Gasteiger partial charge in [0.1, 0.15) is 0 Å². The van der Waals surface area contributed by atoms with Crippen LogP contribution in [-0.2, 0) is 13.0 Å². The van der Waals surface area contributed by atoms with Gasteiger partial charge in [0, 0.05) is 44.3 Å². The maximum Gasteiger partial charge on any atom is 0.337 e. The van der Waals surface area contributed by atoms with Gasteiger partial charge in [0.25, 0.3) is 0 Å². The third kappa shape index (κ3) is 3.41. The normalized spacial score (nSPS) is 16.0. The summed E-state index contributed by atoms with van der Waals surface area (Å²) < 4.78 is 2.07. The van der Waals surface area contributed by atoms with Crippen LogP contribution in [0, 0.1) is 0 Å². The molecule has 1 aromatic heterocycles. The Morgan fingerprint density at radius 2 is 2.09 bits per heavy atom. The highest BCUT2D eigenvalue weighted by molar-refractivity contribution is 6.03. The Morgan fingerprint density at radius 3 is 2.78 bits per heavy atom. The summed E-state index contributed by atoms with van der Waals surface area (Å²) in [5, 5.41) is 13.9. The fraction of sp³-hybridized carbons (Fsp3) is 0.500. The van der Waals surface area contributed by atoms with E-state index in [1.165, 1.54) is 5.56 Å². The second-order valence-corrected chi connectivity index (χ2v) is 6.14. The molecule has 0 bridgehead atoms. The number of rotatable bonds is 6. The average molecular weight is 315 g/mol. The maximum absolute atomic E-state index is 11.5. The Labute approximate surface area is 136 Å². The number of nitrogens with one attached hydrogen (secondary N) is 1. The van der Waals surface area contributed by atoms with Crippen LogP contribution in [0.3, 0.4) is 0 Å². The highest BCUT2D eigenvalue weighted by Gasteiger charge is 2.16. The number of hydrogen-bond donors (Lipinski definition) is 2. The summed E-state index contributed by atoms with van der Waals surface area (Å²) in [6, 6.07) is 5.60. The van der Waals surface area contributed by atoms with Crippen molar-refractivity contribution >= 4 is 16.9 Å². The summed E-state index contributed by atoms with van der Waals surface area (Å²) in [4.78, 5) is 14.0. The number of para-hydroxylation sites is 1. The number of piperazine rings is 1. The third-order valence-corrected chi connectivity index (χ3v) is 4.68. The first-order chi connectivity index (χ1) is 11.2. The van der Waals surface area contributed by atoms with Crippen molar-refractivity contribution in [2.45, 2.75) is 26.3 Å². The van der Waals surface area contributed by atoms with E-state index in [0.717, 1.165) is 63.0 Å². The van der Waals surface area contributed by atoms with E-state index >= 15 is 0 Å². The van der Waals surface area contributed by atoms with E-state index in [4.69, 9.17) is 0 Å². The third-order valence-electron chi connectivity index (χ3n) is 4.68. The summed E-state index contributed by atoms with van der Waals surface area (Å²) in [5.74, 6) is -0.851. The van der Waals surface area contributed by atoms with Gasteiger partial charge in [0.05, 0.1) is 11.1 Å². The summed E-state index contributed by atoms with van der Waals surface area (Å²) in [6.07, 6.45) is 4.24. The van der Waals surface area contributed by atoms with Crippen LogP contribution in [0.25, 0.3) is 10.9 Å². The van der Waals surface area contributed by atoms with Crippen LogP contribution in [0.5, 0.6) is 0 Å². The maximum atomic E-state index is 11.5. The number of fused-ring (bicyclic) bond motifs is 1. The smallest absolute Gasteiger partial charge is 0.337 e. The molecule has 1 saturated heterocycles. The Hall–Kier alpha value is -1.85. The molecule has 0 aliphatic carbocycles. The van der Waals surface area contributed by atoms with Crippen molar-refractivity contribution in [2.75, 3.05) is 32.7 Å². The standard InChI is InChI=1S/C18H25N3O2/c1-2-21-13-14(5-4-10-20-11-8-19-9-12-20)15-6-3-7-16(17(15)21)18(22)23/h3,6-7,13,19H,2,4-5,8-12H2,1H3,(H,22,23). The second-order valence-electron chi connectivity index (χ2n) is 6.14. The minimum absolute atomic E-state index is 0.401. The molecule has 0 radical (unpaired) electrons. The molecule has 1 aliphatic heterocycles. The molecule has 2 aromatic rings. The van der Waals surface area contributed by atoms with Crippen molar-refractivity contribution in [3.05, 3.63) is 35.5 Å². The van der Waals surface area contributed by atoms with Gasteiger partial charge in [-0.05, 0) is 37.9 Å². The second kappa shape index (κ2) is 7.15. The van der Waals surface area contributed by atoms with Crippen molar-refractivity contribution < 1.29 is 9.90 Å². The van der Waals surface area contributed by atoms with Crippen molar-refractivity contribution in [2.24, 2.45) is 0 Å². The number of nitrogens with zero attached hydrogens (tertiary/aromatic N) is 2. The number of carboxylic acids is 1. The van der Waals surface area contributed by atoms with Crippen molar-refractivity contribution in [3.63, 3.8) is 0 Å². The van der Waals surface area contributed by atoms with Gasteiger partial charge in [0.15, 0.2) is 0 Å². The Kier molecular flexibility index (Phi) is 4.98. The van der Waals surface area contributed by atoms with Crippen LogP contribution >= 0.6 is 0 Å². The first kappa shape index (κ1) is 16.0. The Bertz CT molecular complexity index is 687. The van der Waals surface area contributed by atoms with E-state index in [1.54, 1.807) is 6.07 Å². The Morgan fingerprint density at radius 1 is 1.30 bits per heavy atom. The lowest BCUT2D eigenvalue weighted by atomic mass is 10.1. The monoisotopic (exact) mass is 315 g/mol. The predicted octanol–water partition coefficient (Wildman–Crippen LogP) is 2.20. The van der Waals surface area contributed by atoms with Crippen molar-refractivity contribution in [3.8, 4) is 0 Å². The molecule has 23 heavy (non-hydrogen) atoms. The minimum Gasteiger partial charge on any atom is -0.478 e. The summed E-state index contributed by atoms with van der Waals surface area (Å²) in [7, 11) is 0. The van der Waals surface area contributed by atoms with Crippen LogP contribution in [-0.4, -0.2) is 53.3 Å². The highest BCUT2D eigenvalue weighted by Crippen LogP contribution is 2.26. The SMILES string of the molecule is CCn1cc(CCCN2CCNCC2)c2cccc(C(=O)O)c21. The molecule has 3 rings (SSSR count). The van der Waals surface area contributed by atoms with Gasteiger partial charge in [-0.3, -0.25) is 0 Å². The van der Waals surface area contributed by atoms with Gasteiger partial charge in [-0.1, -0.05) is 12.1 Å². The van der Waals surface area contributed by atoms with E-state index < -0.39 is 5.97 Å². The van der Waals surface area contributed by atoms with Crippen molar-refractivity contribution in [1.29, 1.82) is 0 Å². The summed E-state index contributed by atoms with van der Waals surface area (Å²) >= 11 is 0. The lowest BCUT2D eigenvalue weighted by molar-refractivity contribution is 0.0698. The predicted molar refractivity (Wildman–Crippen MR) is 92.2 cm³/mol. The molecule has 124 valence electrons. The lowest BCUT2D eigenvalue weighted by Gasteiger charge is -2.26.